The van der Waals surface area contributed by atoms with E-state index in [4.69, 9.17) is 20.6 Å². The third-order valence-electron chi connectivity index (χ3n) is 6.16. The molecule has 1 aromatic heterocycles. The van der Waals surface area contributed by atoms with Crippen molar-refractivity contribution in [1.82, 2.24) is 0 Å². The van der Waals surface area contributed by atoms with E-state index < -0.39 is 0 Å². The highest BCUT2D eigenvalue weighted by atomic mass is 32.1. The largest absolute Gasteiger partial charge is 0.504 e. The number of aromatic hydroxyl groups is 1. The number of benzene rings is 2. The van der Waals surface area contributed by atoms with Gasteiger partial charge in [0, 0.05) is 27.3 Å². The molecule has 2 aliphatic rings. The molecule has 0 aliphatic carbocycles. The molecule has 0 fully saturated rings. The molecule has 2 N–H and O–H groups in total. The lowest BCUT2D eigenvalue weighted by atomic mass is 9.83. The van der Waals surface area contributed by atoms with E-state index in [1.165, 1.54) is 0 Å². The predicted octanol–water partition coefficient (Wildman–Crippen LogP) is 6.78. The second-order valence-electron chi connectivity index (χ2n) is 9.19. The molecule has 0 saturated carbocycles. The van der Waals surface area contributed by atoms with Gasteiger partial charge >= 0.3 is 0 Å². The molecule has 178 valence electrons. The van der Waals surface area contributed by atoms with Crippen LogP contribution in [0.4, 0.5) is 5.69 Å². The van der Waals surface area contributed by atoms with Crippen LogP contribution < -0.4 is 14.8 Å². The Kier molecular flexibility index (Phi) is 5.84. The monoisotopic (exact) mass is 485 g/mol. The first kappa shape index (κ1) is 23.1. The second kappa shape index (κ2) is 8.84. The van der Waals surface area contributed by atoms with Crippen molar-refractivity contribution in [3.8, 4) is 40.7 Å². The lowest BCUT2D eigenvalue weighted by molar-refractivity contribution is 0.153. The Morgan fingerprint density at radius 2 is 2.00 bits per heavy atom. The van der Waals surface area contributed by atoms with Crippen LogP contribution in [0.1, 0.15) is 42.3 Å². The van der Waals surface area contributed by atoms with Crippen molar-refractivity contribution in [2.24, 2.45) is 0 Å². The fourth-order valence-corrected chi connectivity index (χ4v) is 5.71. The second-order valence-corrected chi connectivity index (χ2v) is 10.1. The Balaban J connectivity index is 1.75. The molecule has 0 radical (unpaired) electrons. The first-order chi connectivity index (χ1) is 16.8. The standard InChI is InChI=1S/C29H27NO4S/c1-6-12-33-16-18-11-13-35-24(18)14-23-26-19(27-22(34-23)10-9-21(31)28(27)32-5)7-8-20-25(26)17(2)15-29(3,4)30-20/h1,7-11,13-15,30-31H,12,16H2,2-5H3/b23-14-. The number of allylic oxidation sites excluding steroid dienone is 1. The van der Waals surface area contributed by atoms with Gasteiger partial charge in [0.15, 0.2) is 11.5 Å². The van der Waals surface area contributed by atoms with Crippen molar-refractivity contribution in [3.05, 3.63) is 63.4 Å². The highest BCUT2D eigenvalue weighted by molar-refractivity contribution is 7.11. The van der Waals surface area contributed by atoms with Crippen LogP contribution in [0.25, 0.3) is 28.5 Å². The molecule has 6 heteroatoms. The summed E-state index contributed by atoms with van der Waals surface area (Å²) in [5.41, 5.74) is 6.78. The quantitative estimate of drug-likeness (QED) is 0.308. The fourth-order valence-electron chi connectivity index (χ4n) is 4.88. The molecular formula is C29H27NO4S. The minimum absolute atomic E-state index is 0.0728. The summed E-state index contributed by atoms with van der Waals surface area (Å²) in [7, 11) is 1.56. The van der Waals surface area contributed by atoms with E-state index >= 15 is 0 Å². The van der Waals surface area contributed by atoms with Crippen LogP contribution in [0.3, 0.4) is 0 Å². The zero-order valence-corrected chi connectivity index (χ0v) is 21.0. The van der Waals surface area contributed by atoms with Gasteiger partial charge in [-0.3, -0.25) is 0 Å². The van der Waals surface area contributed by atoms with Gasteiger partial charge in [-0.2, -0.15) is 0 Å². The van der Waals surface area contributed by atoms with Gasteiger partial charge in [-0.1, -0.05) is 18.1 Å². The van der Waals surface area contributed by atoms with E-state index in [1.807, 2.05) is 11.4 Å². The number of phenolic OH excluding ortho intramolecular Hbond substituents is 1. The summed E-state index contributed by atoms with van der Waals surface area (Å²) >= 11 is 1.62. The maximum Gasteiger partial charge on any atom is 0.172 e. The average molecular weight is 486 g/mol. The van der Waals surface area contributed by atoms with E-state index in [0.29, 0.717) is 18.1 Å². The molecule has 2 aromatic carbocycles. The molecule has 35 heavy (non-hydrogen) atoms. The number of hydrogen-bond donors (Lipinski definition) is 2. The van der Waals surface area contributed by atoms with Crippen LogP contribution in [-0.4, -0.2) is 24.4 Å². The number of rotatable bonds is 5. The van der Waals surface area contributed by atoms with Crippen molar-refractivity contribution in [2.75, 3.05) is 19.0 Å². The lowest BCUT2D eigenvalue weighted by Crippen LogP contribution is -2.32. The molecule has 2 aliphatic heterocycles. The minimum Gasteiger partial charge on any atom is -0.504 e. The molecule has 3 heterocycles. The third kappa shape index (κ3) is 4.07. The van der Waals surface area contributed by atoms with Crippen molar-refractivity contribution in [3.63, 3.8) is 0 Å². The summed E-state index contributed by atoms with van der Waals surface area (Å²) in [4.78, 5) is 1.04. The summed E-state index contributed by atoms with van der Waals surface area (Å²) < 4.78 is 17.7. The zero-order valence-electron chi connectivity index (χ0n) is 20.2. The summed E-state index contributed by atoms with van der Waals surface area (Å²) in [6.07, 6.45) is 9.63. The number of phenols is 1. The van der Waals surface area contributed by atoms with Gasteiger partial charge in [0.25, 0.3) is 0 Å². The number of nitrogens with one attached hydrogen (secondary N) is 1. The highest BCUT2D eigenvalue weighted by Crippen LogP contribution is 2.54. The Hall–Kier alpha value is -3.66. The fraction of sp³-hybridized carbons (Fsp3) is 0.241. The normalized spacial score (nSPS) is 16.2. The molecule has 5 nitrogen and oxygen atoms in total. The molecule has 0 saturated heterocycles. The van der Waals surface area contributed by atoms with E-state index in [9.17, 15) is 5.11 Å². The van der Waals surface area contributed by atoms with E-state index in [-0.39, 0.29) is 17.9 Å². The Bertz CT molecular complexity index is 1420. The van der Waals surface area contributed by atoms with E-state index in [1.54, 1.807) is 30.6 Å². The van der Waals surface area contributed by atoms with E-state index in [0.717, 1.165) is 49.7 Å². The molecule has 0 atom stereocenters. The average Bonchev–Trinajstić information content (AvgIpc) is 3.25. The molecule has 0 unspecified atom stereocenters. The number of thiophene rings is 1. The molecular weight excluding hydrogens is 458 g/mol. The maximum atomic E-state index is 10.5. The number of hydrogen-bond acceptors (Lipinski definition) is 6. The van der Waals surface area contributed by atoms with Gasteiger partial charge in [0.2, 0.25) is 0 Å². The maximum absolute atomic E-state index is 10.5. The number of anilines is 1. The van der Waals surface area contributed by atoms with Crippen LogP contribution in [0.15, 0.2) is 41.8 Å². The molecule has 0 amide bonds. The summed E-state index contributed by atoms with van der Waals surface area (Å²) in [5, 5.41) is 16.2. The number of terminal acetylenes is 1. The zero-order chi connectivity index (χ0) is 24.7. The van der Waals surface area contributed by atoms with Crippen LogP contribution in [-0.2, 0) is 11.3 Å². The van der Waals surface area contributed by atoms with E-state index in [2.05, 4.69) is 56.3 Å². The topological polar surface area (TPSA) is 60.0 Å². The van der Waals surface area contributed by atoms with Gasteiger partial charge in [0.1, 0.15) is 18.1 Å². The molecule has 3 aromatic rings. The lowest BCUT2D eigenvalue weighted by Gasteiger charge is -2.35. The smallest absolute Gasteiger partial charge is 0.172 e. The molecule has 5 rings (SSSR count). The third-order valence-corrected chi connectivity index (χ3v) is 7.06. The van der Waals surface area contributed by atoms with Crippen LogP contribution >= 0.6 is 11.3 Å². The van der Waals surface area contributed by atoms with Crippen molar-refractivity contribution >= 4 is 34.4 Å². The van der Waals surface area contributed by atoms with Crippen molar-refractivity contribution in [1.29, 1.82) is 0 Å². The van der Waals surface area contributed by atoms with Gasteiger partial charge in [-0.05, 0) is 67.6 Å². The molecule has 0 spiro atoms. The van der Waals surface area contributed by atoms with Crippen LogP contribution in [0, 0.1) is 12.3 Å². The Morgan fingerprint density at radius 3 is 2.77 bits per heavy atom. The number of ether oxygens (including phenoxy) is 3. The number of methoxy groups -OCH3 is 1. The SMILES string of the molecule is C#CCOCc1ccsc1/C=C1\Oc2ccc(O)c(OC)c2-c2ccc3c(c21)C(C)=CC(C)(C)N3. The van der Waals surface area contributed by atoms with Gasteiger partial charge in [-0.15, -0.1) is 17.8 Å². The Labute approximate surface area is 209 Å². The predicted molar refractivity (Wildman–Crippen MR) is 143 cm³/mol. The minimum atomic E-state index is -0.173. The van der Waals surface area contributed by atoms with Gasteiger partial charge in [-0.25, -0.2) is 0 Å². The van der Waals surface area contributed by atoms with Gasteiger partial charge < -0.3 is 24.6 Å². The van der Waals surface area contributed by atoms with Crippen LogP contribution in [0.2, 0.25) is 0 Å². The van der Waals surface area contributed by atoms with Crippen LogP contribution in [0.5, 0.6) is 17.2 Å². The Morgan fingerprint density at radius 1 is 1.17 bits per heavy atom. The summed E-state index contributed by atoms with van der Waals surface area (Å²) in [6, 6.07) is 9.57. The van der Waals surface area contributed by atoms with Crippen molar-refractivity contribution in [2.45, 2.75) is 32.9 Å². The first-order valence-electron chi connectivity index (χ1n) is 11.4. The van der Waals surface area contributed by atoms with Crippen molar-refractivity contribution < 1.29 is 19.3 Å². The first-order valence-corrected chi connectivity index (χ1v) is 12.2. The van der Waals surface area contributed by atoms with Gasteiger partial charge in [0.05, 0.1) is 24.8 Å². The summed E-state index contributed by atoms with van der Waals surface area (Å²) in [5.74, 6) is 4.34. The molecule has 0 bridgehead atoms. The highest BCUT2D eigenvalue weighted by Gasteiger charge is 2.33. The summed E-state index contributed by atoms with van der Waals surface area (Å²) in [6.45, 7) is 7.12. The number of fused-ring (bicyclic) bond motifs is 5.